The summed E-state index contributed by atoms with van der Waals surface area (Å²) in [6.07, 6.45) is 9.47. The summed E-state index contributed by atoms with van der Waals surface area (Å²) in [7, 11) is 0. The van der Waals surface area contributed by atoms with Gasteiger partial charge in [0.25, 0.3) is 0 Å². The lowest BCUT2D eigenvalue weighted by Gasteiger charge is -1.97. The van der Waals surface area contributed by atoms with E-state index in [1.165, 1.54) is 6.08 Å². The topological polar surface area (TPSA) is 20.2 Å². The molecule has 1 aromatic carbocycles. The van der Waals surface area contributed by atoms with Crippen molar-refractivity contribution in [1.29, 1.82) is 0 Å². The second kappa shape index (κ2) is 8.09. The molecule has 0 spiro atoms. The van der Waals surface area contributed by atoms with E-state index in [0.29, 0.717) is 5.03 Å². The van der Waals surface area contributed by atoms with E-state index in [-0.39, 0.29) is 0 Å². The number of rotatable bonds is 5. The van der Waals surface area contributed by atoms with Crippen LogP contribution in [0.3, 0.4) is 0 Å². The molecular formula is C15H14BrClO. The maximum atomic E-state index is 9.67. The van der Waals surface area contributed by atoms with Crippen LogP contribution in [0.1, 0.15) is 5.56 Å². The molecule has 0 bridgehead atoms. The van der Waals surface area contributed by atoms with Crippen molar-refractivity contribution in [3.63, 3.8) is 0 Å². The Kier molecular flexibility index (Phi) is 6.73. The number of halogens is 2. The van der Waals surface area contributed by atoms with Gasteiger partial charge in [0.15, 0.2) is 0 Å². The van der Waals surface area contributed by atoms with Crippen molar-refractivity contribution < 1.29 is 5.11 Å². The Morgan fingerprint density at radius 2 is 1.94 bits per heavy atom. The standard InChI is InChI=1S/C15H14BrClO/c1-2-14(17)4-3-5-15(18)11-8-12-6-9-13(16)10-7-12/h2-11,15,18H,1H2/b5-3+,11-8+,14-4+. The number of allylic oxidation sites excluding steroid dienone is 4. The zero-order valence-corrected chi connectivity index (χ0v) is 12.1. The predicted octanol–water partition coefficient (Wildman–Crippen LogP) is 4.69. The van der Waals surface area contributed by atoms with Gasteiger partial charge < -0.3 is 5.11 Å². The zero-order valence-electron chi connectivity index (χ0n) is 9.76. The molecule has 1 unspecified atom stereocenters. The Bertz CT molecular complexity index is 472. The van der Waals surface area contributed by atoms with Gasteiger partial charge in [-0.05, 0) is 23.8 Å². The van der Waals surface area contributed by atoms with Gasteiger partial charge in [0.2, 0.25) is 0 Å². The predicted molar refractivity (Wildman–Crippen MR) is 82.5 cm³/mol. The van der Waals surface area contributed by atoms with Gasteiger partial charge in [0.1, 0.15) is 0 Å². The van der Waals surface area contributed by atoms with Crippen LogP contribution in [0.15, 0.2) is 70.7 Å². The van der Waals surface area contributed by atoms with Crippen LogP contribution in [-0.2, 0) is 0 Å². The van der Waals surface area contributed by atoms with Crippen molar-refractivity contribution in [3.05, 3.63) is 76.3 Å². The molecule has 3 heteroatoms. The summed E-state index contributed by atoms with van der Waals surface area (Å²) in [6, 6.07) is 7.83. The molecule has 0 radical (unpaired) electrons. The lowest BCUT2D eigenvalue weighted by Crippen LogP contribution is -1.95. The molecule has 94 valence electrons. The second-order valence-corrected chi connectivity index (χ2v) is 4.89. The van der Waals surface area contributed by atoms with Crippen molar-refractivity contribution in [2.24, 2.45) is 0 Å². The van der Waals surface area contributed by atoms with Crippen LogP contribution in [0, 0.1) is 0 Å². The molecule has 0 aromatic heterocycles. The Morgan fingerprint density at radius 1 is 1.28 bits per heavy atom. The van der Waals surface area contributed by atoms with Gasteiger partial charge in [0.05, 0.1) is 6.10 Å². The fourth-order valence-corrected chi connectivity index (χ4v) is 1.51. The molecule has 18 heavy (non-hydrogen) atoms. The molecule has 1 rings (SSSR count). The summed E-state index contributed by atoms with van der Waals surface area (Å²) in [5.74, 6) is 0. The SMILES string of the molecule is C=C/C(Cl)=C\C=C\C(O)/C=C/c1ccc(Br)cc1. The van der Waals surface area contributed by atoms with E-state index in [1.54, 1.807) is 24.3 Å². The minimum absolute atomic E-state index is 0.537. The van der Waals surface area contributed by atoms with Crippen molar-refractivity contribution in [2.75, 3.05) is 0 Å². The molecule has 1 N–H and O–H groups in total. The first-order chi connectivity index (χ1) is 8.61. The summed E-state index contributed by atoms with van der Waals surface area (Å²) in [6.45, 7) is 3.53. The molecule has 0 heterocycles. The molecule has 1 aromatic rings. The van der Waals surface area contributed by atoms with Crippen LogP contribution in [-0.4, -0.2) is 11.2 Å². The highest BCUT2D eigenvalue weighted by molar-refractivity contribution is 9.10. The van der Waals surface area contributed by atoms with E-state index in [9.17, 15) is 5.11 Å². The Balaban J connectivity index is 2.56. The molecule has 0 saturated carbocycles. The molecule has 0 fully saturated rings. The summed E-state index contributed by atoms with van der Waals surface area (Å²) >= 11 is 9.09. The fourth-order valence-electron chi connectivity index (χ4n) is 1.18. The summed E-state index contributed by atoms with van der Waals surface area (Å²) < 4.78 is 1.03. The molecular weight excluding hydrogens is 312 g/mol. The number of hydrogen-bond donors (Lipinski definition) is 1. The minimum atomic E-state index is -0.640. The van der Waals surface area contributed by atoms with Crippen LogP contribution >= 0.6 is 27.5 Å². The number of aliphatic hydroxyl groups excluding tert-OH is 1. The second-order valence-electron chi connectivity index (χ2n) is 3.54. The third-order valence-electron chi connectivity index (χ3n) is 2.11. The molecule has 1 atom stereocenters. The van der Waals surface area contributed by atoms with Crippen molar-refractivity contribution in [3.8, 4) is 0 Å². The molecule has 1 nitrogen and oxygen atoms in total. The highest BCUT2D eigenvalue weighted by atomic mass is 79.9. The van der Waals surface area contributed by atoms with Crippen LogP contribution in [0.25, 0.3) is 6.08 Å². The molecule has 0 aliphatic carbocycles. The first-order valence-electron chi connectivity index (χ1n) is 5.40. The third kappa shape index (κ3) is 6.01. The Morgan fingerprint density at radius 3 is 2.56 bits per heavy atom. The van der Waals surface area contributed by atoms with Crippen LogP contribution in [0.4, 0.5) is 0 Å². The number of benzene rings is 1. The maximum Gasteiger partial charge on any atom is 0.0908 e. The molecule has 0 aliphatic heterocycles. The average Bonchev–Trinajstić information content (AvgIpc) is 2.38. The van der Waals surface area contributed by atoms with E-state index in [0.717, 1.165) is 10.0 Å². The van der Waals surface area contributed by atoms with Gasteiger partial charge in [0, 0.05) is 9.51 Å². The summed E-state index contributed by atoms with van der Waals surface area (Å²) in [4.78, 5) is 0. The van der Waals surface area contributed by atoms with E-state index in [4.69, 9.17) is 11.6 Å². The summed E-state index contributed by atoms with van der Waals surface area (Å²) in [5, 5.41) is 10.2. The lowest BCUT2D eigenvalue weighted by molar-refractivity contribution is 0.272. The van der Waals surface area contributed by atoms with Crippen LogP contribution in [0.5, 0.6) is 0 Å². The van der Waals surface area contributed by atoms with Crippen molar-refractivity contribution >= 4 is 33.6 Å². The molecule has 0 amide bonds. The minimum Gasteiger partial charge on any atom is -0.385 e. The lowest BCUT2D eigenvalue weighted by atomic mass is 10.2. The van der Waals surface area contributed by atoms with Gasteiger partial charge >= 0.3 is 0 Å². The van der Waals surface area contributed by atoms with Gasteiger partial charge in [-0.3, -0.25) is 0 Å². The molecule has 0 aliphatic rings. The van der Waals surface area contributed by atoms with E-state index in [2.05, 4.69) is 22.5 Å². The molecule has 0 saturated heterocycles. The quantitative estimate of drug-likeness (QED) is 0.779. The smallest absolute Gasteiger partial charge is 0.0908 e. The van der Waals surface area contributed by atoms with Gasteiger partial charge in [-0.25, -0.2) is 0 Å². The number of aliphatic hydroxyl groups is 1. The third-order valence-corrected chi connectivity index (χ3v) is 2.92. The Labute approximate surface area is 121 Å². The first kappa shape index (κ1) is 15.0. The van der Waals surface area contributed by atoms with Crippen LogP contribution in [0.2, 0.25) is 0 Å². The van der Waals surface area contributed by atoms with Gasteiger partial charge in [-0.15, -0.1) is 0 Å². The van der Waals surface area contributed by atoms with Crippen molar-refractivity contribution in [2.45, 2.75) is 6.10 Å². The maximum absolute atomic E-state index is 9.67. The fraction of sp³-hybridized carbons (Fsp3) is 0.0667. The largest absolute Gasteiger partial charge is 0.385 e. The van der Waals surface area contributed by atoms with Crippen LogP contribution < -0.4 is 0 Å². The van der Waals surface area contributed by atoms with E-state index >= 15 is 0 Å². The highest BCUT2D eigenvalue weighted by Crippen LogP contribution is 2.11. The number of hydrogen-bond acceptors (Lipinski definition) is 1. The summed E-state index contributed by atoms with van der Waals surface area (Å²) in [5.41, 5.74) is 1.03. The van der Waals surface area contributed by atoms with E-state index < -0.39 is 6.10 Å². The average molecular weight is 326 g/mol. The first-order valence-corrected chi connectivity index (χ1v) is 6.57. The highest BCUT2D eigenvalue weighted by Gasteiger charge is 1.92. The van der Waals surface area contributed by atoms with Crippen molar-refractivity contribution in [1.82, 2.24) is 0 Å². The van der Waals surface area contributed by atoms with Gasteiger partial charge in [-0.1, -0.05) is 76.6 Å². The Hall–Kier alpha value is -1.09. The zero-order chi connectivity index (χ0) is 13.4. The van der Waals surface area contributed by atoms with Gasteiger partial charge in [-0.2, -0.15) is 0 Å². The van der Waals surface area contributed by atoms with E-state index in [1.807, 2.05) is 30.3 Å². The normalized spacial score (nSPS) is 14.3. The monoisotopic (exact) mass is 324 g/mol.